The number of para-hydroxylation sites is 1. The minimum atomic E-state index is -0.888. The van der Waals surface area contributed by atoms with Gasteiger partial charge in [0.2, 0.25) is 0 Å². The van der Waals surface area contributed by atoms with Crippen molar-refractivity contribution in [2.24, 2.45) is 0 Å². The number of carbonyl (C=O) groups is 2. The molecule has 0 radical (unpaired) electrons. The van der Waals surface area contributed by atoms with E-state index in [2.05, 4.69) is 4.98 Å². The van der Waals surface area contributed by atoms with E-state index in [1.54, 1.807) is 48.8 Å². The fourth-order valence-corrected chi connectivity index (χ4v) is 3.71. The van der Waals surface area contributed by atoms with Crippen LogP contribution in [-0.4, -0.2) is 33.8 Å². The van der Waals surface area contributed by atoms with Gasteiger partial charge in [0.15, 0.2) is 0 Å². The van der Waals surface area contributed by atoms with E-state index in [0.717, 1.165) is 5.56 Å². The van der Waals surface area contributed by atoms with E-state index in [9.17, 15) is 19.1 Å². The molecule has 1 atom stereocenters. The highest BCUT2D eigenvalue weighted by Gasteiger charge is 2.47. The first kappa shape index (κ1) is 20.3. The Hall–Kier alpha value is -4.00. The zero-order chi connectivity index (χ0) is 22.0. The third-order valence-electron chi connectivity index (χ3n) is 5.17. The zero-order valence-electron chi connectivity index (χ0n) is 16.7. The molecule has 4 rings (SSSR count). The van der Waals surface area contributed by atoms with Gasteiger partial charge in [0.25, 0.3) is 11.7 Å². The first-order chi connectivity index (χ1) is 15.0. The van der Waals surface area contributed by atoms with Crippen molar-refractivity contribution >= 4 is 17.4 Å². The number of benzene rings is 2. The van der Waals surface area contributed by atoms with Crippen LogP contribution >= 0.6 is 0 Å². The van der Waals surface area contributed by atoms with E-state index in [0.29, 0.717) is 11.3 Å². The molecule has 0 bridgehead atoms. The van der Waals surface area contributed by atoms with Crippen molar-refractivity contribution in [3.8, 4) is 5.75 Å². The summed E-state index contributed by atoms with van der Waals surface area (Å²) in [6.07, 6.45) is 3.22. The van der Waals surface area contributed by atoms with Crippen molar-refractivity contribution in [3.63, 3.8) is 0 Å². The van der Waals surface area contributed by atoms with Crippen LogP contribution in [0.5, 0.6) is 5.75 Å². The molecular formula is C24H19FN2O4. The molecule has 6 nitrogen and oxygen atoms in total. The van der Waals surface area contributed by atoms with Crippen LogP contribution in [0.3, 0.4) is 0 Å². The first-order valence-electron chi connectivity index (χ1n) is 9.57. The SMILES string of the molecule is COc1ccccc1[C@@H]1C(=C(O)c2ccc(F)cc2)C(=O)C(=O)N1Cc1cccnc1. The highest BCUT2D eigenvalue weighted by molar-refractivity contribution is 6.46. The second kappa shape index (κ2) is 8.39. The Labute approximate surface area is 178 Å². The topological polar surface area (TPSA) is 79.7 Å². The van der Waals surface area contributed by atoms with Gasteiger partial charge < -0.3 is 14.7 Å². The molecule has 0 unspecified atom stereocenters. The Bertz CT molecular complexity index is 1160. The van der Waals surface area contributed by atoms with Crippen LogP contribution in [-0.2, 0) is 16.1 Å². The van der Waals surface area contributed by atoms with Crippen molar-refractivity contribution in [3.05, 3.63) is 101 Å². The van der Waals surface area contributed by atoms with Crippen LogP contribution in [0.15, 0.2) is 78.6 Å². The molecule has 0 aliphatic carbocycles. The van der Waals surface area contributed by atoms with Gasteiger partial charge in [0.1, 0.15) is 17.3 Å². The van der Waals surface area contributed by atoms with Gasteiger partial charge in [-0.25, -0.2) is 4.39 Å². The molecule has 31 heavy (non-hydrogen) atoms. The normalized spacial score (nSPS) is 17.7. The molecule has 156 valence electrons. The number of ketones is 1. The van der Waals surface area contributed by atoms with E-state index >= 15 is 0 Å². The van der Waals surface area contributed by atoms with Crippen molar-refractivity contribution in [2.75, 3.05) is 7.11 Å². The smallest absolute Gasteiger partial charge is 0.295 e. The highest BCUT2D eigenvalue weighted by atomic mass is 19.1. The molecule has 7 heteroatoms. The fraction of sp³-hybridized carbons (Fsp3) is 0.125. The summed E-state index contributed by atoms with van der Waals surface area (Å²) < 4.78 is 18.8. The summed E-state index contributed by atoms with van der Waals surface area (Å²) in [5, 5.41) is 11.0. The Kier molecular flexibility index (Phi) is 5.49. The Morgan fingerprint density at radius 1 is 1.10 bits per heavy atom. The van der Waals surface area contributed by atoms with Crippen LogP contribution in [0.25, 0.3) is 5.76 Å². The molecule has 2 heterocycles. The number of halogens is 1. The van der Waals surface area contributed by atoms with Crippen LogP contribution in [0.2, 0.25) is 0 Å². The molecule has 1 fully saturated rings. The van der Waals surface area contributed by atoms with E-state index in [1.165, 1.54) is 36.3 Å². The number of amides is 1. The number of aromatic nitrogens is 1. The van der Waals surface area contributed by atoms with Gasteiger partial charge in [-0.15, -0.1) is 0 Å². The third-order valence-corrected chi connectivity index (χ3v) is 5.17. The lowest BCUT2D eigenvalue weighted by molar-refractivity contribution is -0.140. The van der Waals surface area contributed by atoms with Gasteiger partial charge in [-0.1, -0.05) is 24.3 Å². The summed E-state index contributed by atoms with van der Waals surface area (Å²) in [6, 6.07) is 14.7. The molecule has 1 aromatic heterocycles. The summed E-state index contributed by atoms with van der Waals surface area (Å²) in [5.74, 6) is -1.95. The largest absolute Gasteiger partial charge is 0.507 e. The lowest BCUT2D eigenvalue weighted by Gasteiger charge is -2.26. The summed E-state index contributed by atoms with van der Waals surface area (Å²) in [6.45, 7) is 0.112. The number of hydrogen-bond acceptors (Lipinski definition) is 5. The quantitative estimate of drug-likeness (QED) is 0.387. The molecule has 1 N–H and O–H groups in total. The average Bonchev–Trinajstić information content (AvgIpc) is 3.04. The molecule has 1 aliphatic rings. The first-order valence-corrected chi connectivity index (χ1v) is 9.57. The standard InChI is InChI=1S/C24H19FN2O4/c1-31-19-7-3-2-6-18(19)21-20(22(28)16-8-10-17(25)11-9-16)23(29)24(30)27(21)14-15-5-4-12-26-13-15/h2-13,21,28H,14H2,1H3/t21-/m1/s1. The lowest BCUT2D eigenvalue weighted by atomic mass is 9.94. The van der Waals surface area contributed by atoms with Crippen LogP contribution < -0.4 is 4.74 Å². The number of hydrogen-bond donors (Lipinski definition) is 1. The van der Waals surface area contributed by atoms with E-state index in [1.807, 2.05) is 0 Å². The lowest BCUT2D eigenvalue weighted by Crippen LogP contribution is -2.29. The molecule has 1 aliphatic heterocycles. The molecule has 3 aromatic rings. The van der Waals surface area contributed by atoms with Crippen molar-refractivity contribution in [2.45, 2.75) is 12.6 Å². The number of aliphatic hydroxyl groups is 1. The van der Waals surface area contributed by atoms with Crippen molar-refractivity contribution in [1.29, 1.82) is 0 Å². The number of carbonyl (C=O) groups excluding carboxylic acids is 2. The maximum absolute atomic E-state index is 13.4. The minimum absolute atomic E-state index is 0.0787. The number of nitrogens with zero attached hydrogens (tertiary/aromatic N) is 2. The highest BCUT2D eigenvalue weighted by Crippen LogP contribution is 2.43. The maximum atomic E-state index is 13.4. The molecule has 0 saturated carbocycles. The second-order valence-corrected chi connectivity index (χ2v) is 7.04. The number of likely N-dealkylation sites (tertiary alicyclic amines) is 1. The van der Waals surface area contributed by atoms with Gasteiger partial charge in [0, 0.05) is 30.1 Å². The van der Waals surface area contributed by atoms with Crippen molar-refractivity contribution in [1.82, 2.24) is 9.88 Å². The number of methoxy groups -OCH3 is 1. The second-order valence-electron chi connectivity index (χ2n) is 7.04. The molecule has 1 saturated heterocycles. The predicted molar refractivity (Wildman–Crippen MR) is 111 cm³/mol. The monoisotopic (exact) mass is 418 g/mol. The number of rotatable bonds is 5. The summed E-state index contributed by atoms with van der Waals surface area (Å²) >= 11 is 0. The zero-order valence-corrected chi connectivity index (χ0v) is 16.7. The van der Waals surface area contributed by atoms with Gasteiger partial charge >= 0.3 is 0 Å². The van der Waals surface area contributed by atoms with Gasteiger partial charge in [0.05, 0.1) is 18.7 Å². The van der Waals surface area contributed by atoms with Gasteiger partial charge in [-0.3, -0.25) is 14.6 Å². The minimum Gasteiger partial charge on any atom is -0.507 e. The number of aliphatic hydroxyl groups excluding tert-OH is 1. The molecular weight excluding hydrogens is 399 g/mol. The number of pyridine rings is 1. The van der Waals surface area contributed by atoms with E-state index in [-0.39, 0.29) is 23.4 Å². The summed E-state index contributed by atoms with van der Waals surface area (Å²) in [4.78, 5) is 31.5. The fourth-order valence-electron chi connectivity index (χ4n) is 3.71. The van der Waals surface area contributed by atoms with Crippen LogP contribution in [0.4, 0.5) is 4.39 Å². The molecule has 0 spiro atoms. The Morgan fingerprint density at radius 3 is 2.52 bits per heavy atom. The predicted octanol–water partition coefficient (Wildman–Crippen LogP) is 3.85. The maximum Gasteiger partial charge on any atom is 0.295 e. The van der Waals surface area contributed by atoms with E-state index in [4.69, 9.17) is 4.74 Å². The van der Waals surface area contributed by atoms with Crippen molar-refractivity contribution < 1.29 is 23.8 Å². The van der Waals surface area contributed by atoms with Gasteiger partial charge in [-0.2, -0.15) is 0 Å². The number of ether oxygens (including phenoxy) is 1. The molecule has 2 aromatic carbocycles. The Balaban J connectivity index is 1.90. The summed E-state index contributed by atoms with van der Waals surface area (Å²) in [7, 11) is 1.49. The van der Waals surface area contributed by atoms with E-state index < -0.39 is 23.5 Å². The average molecular weight is 418 g/mol. The van der Waals surface area contributed by atoms with Crippen LogP contribution in [0, 0.1) is 5.82 Å². The summed E-state index contributed by atoms with van der Waals surface area (Å²) in [5.41, 5.74) is 1.44. The van der Waals surface area contributed by atoms with Gasteiger partial charge in [-0.05, 0) is 42.0 Å². The van der Waals surface area contributed by atoms with Crippen LogP contribution in [0.1, 0.15) is 22.7 Å². The third kappa shape index (κ3) is 3.77. The Morgan fingerprint density at radius 2 is 1.84 bits per heavy atom. The number of Topliss-reactive ketones (excluding diaryl/α,β-unsaturated/α-hetero) is 1. The molecule has 1 amide bonds.